The number of alkyl halides is 1. The Balaban J connectivity index is 2.07. The number of pyridine rings is 1. The maximum atomic E-state index is 14.9. The third-order valence-corrected chi connectivity index (χ3v) is 4.04. The first-order chi connectivity index (χ1) is 10.1. The largest absolute Gasteiger partial charge is 0.323 e. The van der Waals surface area contributed by atoms with Gasteiger partial charge in [-0.25, -0.2) is 13.2 Å². The van der Waals surface area contributed by atoms with Gasteiger partial charge in [-0.05, 0) is 30.5 Å². The van der Waals surface area contributed by atoms with Crippen LogP contribution in [0.2, 0.25) is 0 Å². The molecule has 110 valence electrons. The van der Waals surface area contributed by atoms with Crippen molar-refractivity contribution >= 4 is 0 Å². The van der Waals surface area contributed by atoms with Crippen LogP contribution in [0.25, 0.3) is 0 Å². The van der Waals surface area contributed by atoms with Gasteiger partial charge < -0.3 is 5.73 Å². The molecule has 2 N–H and O–H groups in total. The van der Waals surface area contributed by atoms with E-state index in [0.29, 0.717) is 24.1 Å². The van der Waals surface area contributed by atoms with Crippen molar-refractivity contribution in [3.63, 3.8) is 0 Å². The molecule has 0 amide bonds. The van der Waals surface area contributed by atoms with Gasteiger partial charge in [0.05, 0.1) is 5.69 Å². The molecule has 0 bridgehead atoms. The van der Waals surface area contributed by atoms with E-state index in [1.807, 2.05) is 0 Å². The number of halogens is 3. The number of hydrogen-bond acceptors (Lipinski definition) is 2. The van der Waals surface area contributed by atoms with Gasteiger partial charge in [0.1, 0.15) is 6.17 Å². The van der Waals surface area contributed by atoms with Crippen LogP contribution in [0, 0.1) is 11.6 Å². The van der Waals surface area contributed by atoms with Crippen LogP contribution in [0.1, 0.15) is 47.8 Å². The predicted molar refractivity (Wildman–Crippen MR) is 73.3 cm³/mol. The molecule has 5 heteroatoms. The highest BCUT2D eigenvalue weighted by Gasteiger charge is 2.34. The fourth-order valence-corrected chi connectivity index (χ4v) is 2.95. The standard InChI is InChI=1S/C16H15F3N2/c17-12-5-1-3-9(15(12)19)10-6-7-13(20)16-11(14(10)18)4-2-8-21-16/h1-5,8,10,13-14H,6-7,20H2/t10-,13-,14+/m0/s1. The molecule has 0 saturated heterocycles. The highest BCUT2D eigenvalue weighted by atomic mass is 19.2. The molecule has 1 aromatic heterocycles. The zero-order chi connectivity index (χ0) is 15.0. The van der Waals surface area contributed by atoms with Crippen molar-refractivity contribution in [1.29, 1.82) is 0 Å². The van der Waals surface area contributed by atoms with E-state index in [-0.39, 0.29) is 11.6 Å². The third-order valence-electron chi connectivity index (χ3n) is 4.04. The van der Waals surface area contributed by atoms with Crippen LogP contribution >= 0.6 is 0 Å². The second kappa shape index (κ2) is 5.48. The van der Waals surface area contributed by atoms with Crippen LogP contribution < -0.4 is 5.73 Å². The Hall–Kier alpha value is -1.88. The van der Waals surface area contributed by atoms with E-state index < -0.39 is 23.7 Å². The van der Waals surface area contributed by atoms with Crippen molar-refractivity contribution in [1.82, 2.24) is 4.98 Å². The summed E-state index contributed by atoms with van der Waals surface area (Å²) in [6.45, 7) is 0. The molecule has 0 spiro atoms. The van der Waals surface area contributed by atoms with E-state index in [1.54, 1.807) is 18.3 Å². The molecule has 1 aromatic carbocycles. The van der Waals surface area contributed by atoms with Gasteiger partial charge in [-0.3, -0.25) is 4.98 Å². The van der Waals surface area contributed by atoms with Gasteiger partial charge in [0.25, 0.3) is 0 Å². The Kier molecular flexibility index (Phi) is 3.68. The molecule has 1 aliphatic rings. The third kappa shape index (κ3) is 2.42. The van der Waals surface area contributed by atoms with Crippen LogP contribution in [0.4, 0.5) is 13.2 Å². The number of benzene rings is 1. The Morgan fingerprint density at radius 1 is 1.05 bits per heavy atom. The molecular weight excluding hydrogens is 277 g/mol. The summed E-state index contributed by atoms with van der Waals surface area (Å²) in [6.07, 6.45) is 0.942. The topological polar surface area (TPSA) is 38.9 Å². The van der Waals surface area contributed by atoms with Crippen molar-refractivity contribution in [3.8, 4) is 0 Å². The zero-order valence-electron chi connectivity index (χ0n) is 11.3. The number of aromatic nitrogens is 1. The van der Waals surface area contributed by atoms with Crippen LogP contribution in [0.15, 0.2) is 36.5 Å². The average molecular weight is 292 g/mol. The van der Waals surface area contributed by atoms with Gasteiger partial charge in [-0.2, -0.15) is 0 Å². The maximum absolute atomic E-state index is 14.9. The maximum Gasteiger partial charge on any atom is 0.162 e. The molecule has 3 atom stereocenters. The zero-order valence-corrected chi connectivity index (χ0v) is 11.3. The number of nitrogens with zero attached hydrogens (tertiary/aromatic N) is 1. The Morgan fingerprint density at radius 3 is 2.62 bits per heavy atom. The molecule has 0 saturated carbocycles. The van der Waals surface area contributed by atoms with Gasteiger partial charge in [-0.1, -0.05) is 18.2 Å². The minimum Gasteiger partial charge on any atom is -0.323 e. The first-order valence-electron chi connectivity index (χ1n) is 6.88. The molecule has 0 aliphatic heterocycles. The summed E-state index contributed by atoms with van der Waals surface area (Å²) in [5, 5.41) is 0. The van der Waals surface area contributed by atoms with Crippen LogP contribution in [-0.2, 0) is 0 Å². The lowest BCUT2D eigenvalue weighted by Gasteiger charge is -2.20. The fraction of sp³-hybridized carbons (Fsp3) is 0.312. The quantitative estimate of drug-likeness (QED) is 0.808. The number of hydrogen-bond donors (Lipinski definition) is 1. The van der Waals surface area contributed by atoms with E-state index in [4.69, 9.17) is 5.73 Å². The van der Waals surface area contributed by atoms with Crippen LogP contribution in [0.3, 0.4) is 0 Å². The molecule has 1 heterocycles. The summed E-state index contributed by atoms with van der Waals surface area (Å²) in [5.41, 5.74) is 6.96. The van der Waals surface area contributed by atoms with Crippen molar-refractivity contribution in [2.45, 2.75) is 31.0 Å². The van der Waals surface area contributed by atoms with Crippen LogP contribution in [-0.4, -0.2) is 4.98 Å². The summed E-state index contributed by atoms with van der Waals surface area (Å²) >= 11 is 0. The molecule has 2 aromatic rings. The summed E-state index contributed by atoms with van der Waals surface area (Å²) in [5.74, 6) is -2.69. The summed E-state index contributed by atoms with van der Waals surface area (Å²) in [4.78, 5) is 4.15. The molecule has 0 unspecified atom stereocenters. The minimum atomic E-state index is -1.45. The summed E-state index contributed by atoms with van der Waals surface area (Å²) in [6, 6.07) is 6.72. The van der Waals surface area contributed by atoms with E-state index in [0.717, 1.165) is 6.07 Å². The lowest BCUT2D eigenvalue weighted by atomic mass is 9.88. The lowest BCUT2D eigenvalue weighted by Crippen LogP contribution is -2.12. The van der Waals surface area contributed by atoms with Gasteiger partial charge in [-0.15, -0.1) is 0 Å². The van der Waals surface area contributed by atoms with Gasteiger partial charge >= 0.3 is 0 Å². The van der Waals surface area contributed by atoms with Gasteiger partial charge in [0, 0.05) is 23.7 Å². The average Bonchev–Trinajstić information content (AvgIpc) is 2.62. The second-order valence-electron chi connectivity index (χ2n) is 5.31. The first-order valence-corrected chi connectivity index (χ1v) is 6.88. The van der Waals surface area contributed by atoms with Crippen molar-refractivity contribution in [2.24, 2.45) is 5.73 Å². The smallest absolute Gasteiger partial charge is 0.162 e. The number of rotatable bonds is 1. The van der Waals surface area contributed by atoms with Crippen molar-refractivity contribution < 1.29 is 13.2 Å². The van der Waals surface area contributed by atoms with E-state index in [9.17, 15) is 13.2 Å². The number of fused-ring (bicyclic) bond motifs is 1. The molecular formula is C16H15F3N2. The van der Waals surface area contributed by atoms with Gasteiger partial charge in [0.2, 0.25) is 0 Å². The minimum absolute atomic E-state index is 0.0615. The summed E-state index contributed by atoms with van der Waals surface area (Å²) in [7, 11) is 0. The first kappa shape index (κ1) is 14.1. The fourth-order valence-electron chi connectivity index (χ4n) is 2.95. The number of nitrogens with two attached hydrogens (primary N) is 1. The van der Waals surface area contributed by atoms with E-state index in [2.05, 4.69) is 4.98 Å². The highest BCUT2D eigenvalue weighted by Crippen LogP contribution is 2.44. The molecule has 21 heavy (non-hydrogen) atoms. The second-order valence-corrected chi connectivity index (χ2v) is 5.31. The lowest BCUT2D eigenvalue weighted by molar-refractivity contribution is 0.274. The van der Waals surface area contributed by atoms with E-state index >= 15 is 0 Å². The molecule has 0 fully saturated rings. The van der Waals surface area contributed by atoms with E-state index in [1.165, 1.54) is 12.1 Å². The molecule has 1 aliphatic carbocycles. The van der Waals surface area contributed by atoms with Crippen LogP contribution in [0.5, 0.6) is 0 Å². The SMILES string of the molecule is N[C@H]1CC[C@@H](c2cccc(F)c2F)[C@@H](F)c2cccnc21. The normalized spacial score (nSPS) is 25.2. The highest BCUT2D eigenvalue weighted by molar-refractivity contribution is 5.33. The molecule has 0 radical (unpaired) electrons. The summed E-state index contributed by atoms with van der Waals surface area (Å²) < 4.78 is 42.3. The van der Waals surface area contributed by atoms with Crippen molar-refractivity contribution in [2.75, 3.05) is 0 Å². The monoisotopic (exact) mass is 292 g/mol. The predicted octanol–water partition coefficient (Wildman–Crippen LogP) is 3.95. The Bertz CT molecular complexity index is 660. The van der Waals surface area contributed by atoms with Gasteiger partial charge in [0.15, 0.2) is 11.6 Å². The Labute approximate surface area is 120 Å². The Morgan fingerprint density at radius 2 is 1.81 bits per heavy atom. The molecule has 3 rings (SSSR count). The molecule has 2 nitrogen and oxygen atoms in total. The van der Waals surface area contributed by atoms with Crippen molar-refractivity contribution in [3.05, 3.63) is 65.0 Å².